The van der Waals surface area contributed by atoms with Gasteiger partial charge in [-0.15, -0.1) is 0 Å². The molecule has 4 atom stereocenters. The molecule has 2 aliphatic rings. The van der Waals surface area contributed by atoms with Crippen LogP contribution in [0.25, 0.3) is 11.1 Å². The molecule has 2 aromatic carbocycles. The molecule has 9 heteroatoms. The third-order valence-corrected chi connectivity index (χ3v) is 7.42. The van der Waals surface area contributed by atoms with Gasteiger partial charge >= 0.3 is 0 Å². The van der Waals surface area contributed by atoms with Crippen LogP contribution in [0.3, 0.4) is 0 Å². The average molecular weight is 519 g/mol. The van der Waals surface area contributed by atoms with Crippen molar-refractivity contribution < 1.29 is 23.6 Å². The smallest absolute Gasteiger partial charge is 0.257 e. The minimum Gasteiger partial charge on any atom is -0.391 e. The van der Waals surface area contributed by atoms with Gasteiger partial charge in [0.25, 0.3) is 5.91 Å². The summed E-state index contributed by atoms with van der Waals surface area (Å²) in [5.74, 6) is -0.707. The molecule has 2 N–H and O–H groups in total. The van der Waals surface area contributed by atoms with Crippen molar-refractivity contribution in [3.05, 3.63) is 77.4 Å². The normalized spacial score (nSPS) is 24.0. The third kappa shape index (κ3) is 4.51. The van der Waals surface area contributed by atoms with Gasteiger partial charge in [0.2, 0.25) is 5.91 Å². The van der Waals surface area contributed by atoms with Crippen molar-refractivity contribution in [3.8, 4) is 11.1 Å². The molecule has 3 aromatic rings. The number of aryl methyl sites for hydroxylation is 1. The van der Waals surface area contributed by atoms with Gasteiger partial charge in [0, 0.05) is 24.6 Å². The molecule has 198 valence electrons. The van der Waals surface area contributed by atoms with Gasteiger partial charge in [-0.25, -0.2) is 9.38 Å². The van der Waals surface area contributed by atoms with E-state index in [1.807, 2.05) is 13.8 Å². The Labute approximate surface area is 220 Å². The zero-order valence-corrected chi connectivity index (χ0v) is 21.8. The molecule has 2 aliphatic heterocycles. The summed E-state index contributed by atoms with van der Waals surface area (Å²) in [5, 5.41) is 17.3. The molecular formula is C29H31FN4O4. The highest BCUT2D eigenvalue weighted by Crippen LogP contribution is 2.36. The summed E-state index contributed by atoms with van der Waals surface area (Å²) in [6.07, 6.45) is -0.493. The van der Waals surface area contributed by atoms with E-state index in [1.165, 1.54) is 6.07 Å². The lowest BCUT2D eigenvalue weighted by Gasteiger charge is -2.29. The lowest BCUT2D eigenvalue weighted by atomic mass is 9.91. The average Bonchev–Trinajstić information content (AvgIpc) is 3.57. The van der Waals surface area contributed by atoms with Crippen molar-refractivity contribution >= 4 is 17.6 Å². The van der Waals surface area contributed by atoms with Crippen LogP contribution in [0.5, 0.6) is 0 Å². The van der Waals surface area contributed by atoms with E-state index in [-0.39, 0.29) is 36.5 Å². The molecule has 0 aliphatic carbocycles. The van der Waals surface area contributed by atoms with Gasteiger partial charge in [-0.3, -0.25) is 9.59 Å². The number of halogens is 1. The maximum Gasteiger partial charge on any atom is 0.257 e. The van der Waals surface area contributed by atoms with E-state index in [2.05, 4.69) is 10.5 Å². The van der Waals surface area contributed by atoms with E-state index in [0.29, 0.717) is 34.0 Å². The van der Waals surface area contributed by atoms with Gasteiger partial charge in [0.15, 0.2) is 5.54 Å². The van der Waals surface area contributed by atoms with E-state index in [9.17, 15) is 19.1 Å². The molecule has 0 radical (unpaired) electrons. The van der Waals surface area contributed by atoms with Gasteiger partial charge in [0.1, 0.15) is 23.3 Å². The zero-order chi connectivity index (χ0) is 27.2. The highest BCUT2D eigenvalue weighted by Gasteiger charge is 2.48. The number of rotatable bonds is 6. The quantitative estimate of drug-likeness (QED) is 0.514. The predicted molar refractivity (Wildman–Crippen MR) is 140 cm³/mol. The summed E-state index contributed by atoms with van der Waals surface area (Å²) in [4.78, 5) is 33.3. The number of benzene rings is 2. The number of amidine groups is 1. The second-order valence-electron chi connectivity index (χ2n) is 10.6. The van der Waals surface area contributed by atoms with E-state index >= 15 is 0 Å². The van der Waals surface area contributed by atoms with Crippen LogP contribution in [0.2, 0.25) is 0 Å². The lowest BCUT2D eigenvalue weighted by molar-refractivity contribution is -0.134. The van der Waals surface area contributed by atoms with Crippen LogP contribution in [-0.2, 0) is 15.1 Å². The number of aromatic nitrogens is 1. The maximum atomic E-state index is 14.2. The van der Waals surface area contributed by atoms with Crippen molar-refractivity contribution in [2.24, 2.45) is 10.9 Å². The highest BCUT2D eigenvalue weighted by atomic mass is 19.1. The number of amides is 2. The number of aliphatic hydroxyl groups is 1. The maximum absolute atomic E-state index is 14.2. The summed E-state index contributed by atoms with van der Waals surface area (Å²) >= 11 is 0. The third-order valence-electron chi connectivity index (χ3n) is 7.42. The van der Waals surface area contributed by atoms with Gasteiger partial charge in [0.05, 0.1) is 17.8 Å². The van der Waals surface area contributed by atoms with Crippen LogP contribution in [0.1, 0.15) is 50.1 Å². The van der Waals surface area contributed by atoms with Gasteiger partial charge in [-0.2, -0.15) is 0 Å². The Balaban J connectivity index is 1.43. The fraction of sp³-hybridized carbons (Fsp3) is 0.379. The Morgan fingerprint density at radius 1 is 1.21 bits per heavy atom. The summed E-state index contributed by atoms with van der Waals surface area (Å²) in [7, 11) is 0. The molecule has 0 unspecified atom stereocenters. The number of β-amino-alcohol motifs (C(OH)–C–C–N with tert-alkyl or cyclic N) is 1. The van der Waals surface area contributed by atoms with Crippen molar-refractivity contribution in [2.75, 3.05) is 6.54 Å². The number of nitrogens with one attached hydrogen (secondary N) is 1. The van der Waals surface area contributed by atoms with Gasteiger partial charge in [-0.05, 0) is 37.0 Å². The van der Waals surface area contributed by atoms with Crippen molar-refractivity contribution in [3.63, 3.8) is 0 Å². The predicted octanol–water partition coefficient (Wildman–Crippen LogP) is 3.93. The zero-order valence-electron chi connectivity index (χ0n) is 21.8. The molecule has 0 saturated carbocycles. The summed E-state index contributed by atoms with van der Waals surface area (Å²) < 4.78 is 19.7. The SMILES string of the molecule is Cc1cc([C@H](C(=O)N2C[C@H](O)C[C@H]2C2=N[C@@](C)(c3ccc(-c4ccccc4F)cc3)C(=O)N2)C(C)C)on1. The fourth-order valence-electron chi connectivity index (χ4n) is 5.34. The van der Waals surface area contributed by atoms with E-state index in [1.54, 1.807) is 67.3 Å². The topological polar surface area (TPSA) is 108 Å². The first-order valence-electron chi connectivity index (χ1n) is 12.8. The number of hydrogen-bond donors (Lipinski definition) is 2. The number of likely N-dealkylation sites (tertiary alicyclic amines) is 1. The number of nitrogens with zero attached hydrogens (tertiary/aromatic N) is 3. The molecule has 1 saturated heterocycles. The standard InChI is InChI=1S/C29H31FN4O4/c1-16(2)25(24-13-17(3)33-38-24)27(36)34-15-20(35)14-23(34)26-31-28(37)29(4,32-26)19-11-9-18(10-12-19)21-7-5-6-8-22(21)30/h5-13,16,20,23,25,35H,14-15H2,1-4H3,(H,31,32,37)/t20-,23+,25-,29+/m1/s1. The molecule has 3 heterocycles. The van der Waals surface area contributed by atoms with Gasteiger partial charge < -0.3 is 19.8 Å². The number of aliphatic hydroxyl groups excluding tert-OH is 1. The number of hydrogen-bond acceptors (Lipinski definition) is 6. The second kappa shape index (κ2) is 9.79. The summed E-state index contributed by atoms with van der Waals surface area (Å²) in [6.45, 7) is 7.49. The number of carbonyl (C=O) groups is 2. The van der Waals surface area contributed by atoms with E-state index in [4.69, 9.17) is 9.52 Å². The van der Waals surface area contributed by atoms with E-state index in [0.717, 1.165) is 0 Å². The van der Waals surface area contributed by atoms with Crippen molar-refractivity contribution in [1.82, 2.24) is 15.4 Å². The molecular weight excluding hydrogens is 487 g/mol. The molecule has 0 spiro atoms. The molecule has 1 aromatic heterocycles. The molecule has 5 rings (SSSR count). The number of aliphatic imine (C=N–C) groups is 1. The van der Waals surface area contributed by atoms with Crippen molar-refractivity contribution in [2.45, 2.75) is 57.7 Å². The Kier molecular flexibility index (Phi) is 6.65. The molecule has 38 heavy (non-hydrogen) atoms. The highest BCUT2D eigenvalue weighted by molar-refractivity contribution is 6.11. The van der Waals surface area contributed by atoms with Gasteiger partial charge in [-0.1, -0.05) is 61.5 Å². The van der Waals surface area contributed by atoms with Crippen molar-refractivity contribution in [1.29, 1.82) is 0 Å². The van der Waals surface area contributed by atoms with Crippen LogP contribution in [0.4, 0.5) is 4.39 Å². The lowest BCUT2D eigenvalue weighted by Crippen LogP contribution is -2.48. The largest absolute Gasteiger partial charge is 0.391 e. The Bertz CT molecular complexity index is 1400. The summed E-state index contributed by atoms with van der Waals surface area (Å²) in [5.41, 5.74) is 1.25. The summed E-state index contributed by atoms with van der Waals surface area (Å²) in [6, 6.07) is 14.7. The first-order chi connectivity index (χ1) is 18.1. The van der Waals surface area contributed by atoms with E-state index < -0.39 is 23.6 Å². The van der Waals surface area contributed by atoms with Crippen LogP contribution < -0.4 is 5.32 Å². The molecule has 1 fully saturated rings. The van der Waals surface area contributed by atoms with Crippen LogP contribution in [0.15, 0.2) is 64.1 Å². The fourth-order valence-corrected chi connectivity index (χ4v) is 5.34. The van der Waals surface area contributed by atoms with Crippen LogP contribution >= 0.6 is 0 Å². The minimum atomic E-state index is -1.23. The number of carbonyl (C=O) groups excluding carboxylic acids is 2. The first kappa shape index (κ1) is 25.8. The molecule has 2 amide bonds. The second-order valence-corrected chi connectivity index (χ2v) is 10.6. The van der Waals surface area contributed by atoms with Crippen LogP contribution in [-0.4, -0.2) is 51.5 Å². The Morgan fingerprint density at radius 2 is 1.92 bits per heavy atom. The monoisotopic (exact) mass is 518 g/mol. The Hall–Kier alpha value is -3.85. The van der Waals surface area contributed by atoms with Crippen LogP contribution in [0, 0.1) is 18.7 Å². The minimum absolute atomic E-state index is 0.0772. The first-order valence-corrected chi connectivity index (χ1v) is 12.8. The molecule has 8 nitrogen and oxygen atoms in total. The molecule has 0 bridgehead atoms. The Morgan fingerprint density at radius 3 is 2.55 bits per heavy atom.